The van der Waals surface area contributed by atoms with Gasteiger partial charge in [-0.3, -0.25) is 4.79 Å². The Morgan fingerprint density at radius 2 is 2.00 bits per heavy atom. The molecule has 0 radical (unpaired) electrons. The molecule has 0 aliphatic heterocycles. The number of hydrogen-bond acceptors (Lipinski definition) is 4. The smallest absolute Gasteiger partial charge is 0.251 e. The van der Waals surface area contributed by atoms with Gasteiger partial charge in [0.1, 0.15) is 5.82 Å². The molecule has 5 nitrogen and oxygen atoms in total. The van der Waals surface area contributed by atoms with Crippen LogP contribution in [0.4, 0.5) is 5.82 Å². The minimum absolute atomic E-state index is 0.0461. The summed E-state index contributed by atoms with van der Waals surface area (Å²) in [7, 11) is 0. The van der Waals surface area contributed by atoms with Gasteiger partial charge in [-0.15, -0.1) is 0 Å². The summed E-state index contributed by atoms with van der Waals surface area (Å²) in [6.45, 7) is 6.20. The van der Waals surface area contributed by atoms with Crippen molar-refractivity contribution in [2.24, 2.45) is 5.84 Å². The molecule has 20 heavy (non-hydrogen) atoms. The highest BCUT2D eigenvalue weighted by Crippen LogP contribution is 2.29. The summed E-state index contributed by atoms with van der Waals surface area (Å²) in [6.07, 6.45) is 4.45. The fraction of sp³-hybridized carbons (Fsp3) is 0.600. The molecule has 2 rings (SSSR count). The van der Waals surface area contributed by atoms with Gasteiger partial charge < -0.3 is 10.7 Å². The van der Waals surface area contributed by atoms with Crippen molar-refractivity contribution in [3.63, 3.8) is 0 Å². The normalized spacial score (nSPS) is 17.2. The molecule has 1 fully saturated rings. The first-order chi connectivity index (χ1) is 9.43. The third kappa shape index (κ3) is 3.28. The van der Waals surface area contributed by atoms with Gasteiger partial charge in [0.25, 0.3) is 5.91 Å². The zero-order valence-corrected chi connectivity index (χ0v) is 12.5. The van der Waals surface area contributed by atoms with E-state index in [2.05, 4.69) is 22.7 Å². The van der Waals surface area contributed by atoms with Crippen molar-refractivity contribution in [2.45, 2.75) is 57.9 Å². The summed E-state index contributed by atoms with van der Waals surface area (Å²) >= 11 is 0. The average Bonchev–Trinajstić information content (AvgIpc) is 2.84. The maximum atomic E-state index is 12.4. The van der Waals surface area contributed by atoms with Crippen LogP contribution in [0, 0.1) is 0 Å². The van der Waals surface area contributed by atoms with Crippen molar-refractivity contribution in [3.05, 3.63) is 23.4 Å². The standard InChI is InChI=1S/C15H24N4O/c1-10(2)12-8-11(9-13(17-12)19-16)14(20)18-15(3)6-4-5-7-15/h8-10H,4-7,16H2,1-3H3,(H,17,19)(H,18,20). The molecule has 0 atom stereocenters. The lowest BCUT2D eigenvalue weighted by Crippen LogP contribution is -2.43. The van der Waals surface area contributed by atoms with Gasteiger partial charge >= 0.3 is 0 Å². The maximum absolute atomic E-state index is 12.4. The van der Waals surface area contributed by atoms with Crippen LogP contribution in [-0.2, 0) is 0 Å². The van der Waals surface area contributed by atoms with Crippen LogP contribution in [0.25, 0.3) is 0 Å². The second-order valence-corrected chi connectivity index (χ2v) is 6.19. The van der Waals surface area contributed by atoms with Crippen molar-refractivity contribution in [3.8, 4) is 0 Å². The number of carbonyl (C=O) groups excluding carboxylic acids is 1. The molecule has 0 bridgehead atoms. The van der Waals surface area contributed by atoms with Gasteiger partial charge in [0, 0.05) is 16.8 Å². The number of pyridine rings is 1. The molecule has 1 aliphatic rings. The number of aromatic nitrogens is 1. The van der Waals surface area contributed by atoms with Crippen LogP contribution in [0.5, 0.6) is 0 Å². The number of nitrogen functional groups attached to an aromatic ring is 1. The highest BCUT2D eigenvalue weighted by Gasteiger charge is 2.30. The van der Waals surface area contributed by atoms with E-state index in [-0.39, 0.29) is 17.4 Å². The molecule has 5 heteroatoms. The monoisotopic (exact) mass is 276 g/mol. The first-order valence-corrected chi connectivity index (χ1v) is 7.25. The molecule has 1 saturated carbocycles. The molecule has 0 aromatic carbocycles. The molecule has 0 unspecified atom stereocenters. The van der Waals surface area contributed by atoms with Crippen molar-refractivity contribution in [1.82, 2.24) is 10.3 Å². The van der Waals surface area contributed by atoms with E-state index in [1.807, 2.05) is 19.9 Å². The van der Waals surface area contributed by atoms with Gasteiger partial charge in [-0.05, 0) is 37.8 Å². The molecule has 1 heterocycles. The SMILES string of the molecule is CC(C)c1cc(C(=O)NC2(C)CCCC2)cc(NN)n1. The second kappa shape index (κ2) is 5.79. The van der Waals surface area contributed by atoms with Crippen LogP contribution in [-0.4, -0.2) is 16.4 Å². The van der Waals surface area contributed by atoms with E-state index >= 15 is 0 Å². The summed E-state index contributed by atoms with van der Waals surface area (Å²) < 4.78 is 0. The summed E-state index contributed by atoms with van der Waals surface area (Å²) in [6, 6.07) is 3.54. The zero-order chi connectivity index (χ0) is 14.8. The Balaban J connectivity index is 2.22. The predicted molar refractivity (Wildman–Crippen MR) is 80.5 cm³/mol. The van der Waals surface area contributed by atoms with Crippen molar-refractivity contribution < 1.29 is 4.79 Å². The van der Waals surface area contributed by atoms with Gasteiger partial charge in [-0.25, -0.2) is 10.8 Å². The number of nitrogens with zero attached hydrogens (tertiary/aromatic N) is 1. The lowest BCUT2D eigenvalue weighted by molar-refractivity contribution is 0.0908. The Kier molecular flexibility index (Phi) is 4.28. The maximum Gasteiger partial charge on any atom is 0.251 e. The third-order valence-corrected chi connectivity index (χ3v) is 3.97. The number of hydrazine groups is 1. The summed E-state index contributed by atoms with van der Waals surface area (Å²) in [5.74, 6) is 6.16. The number of anilines is 1. The quantitative estimate of drug-likeness (QED) is 0.583. The Morgan fingerprint density at radius 3 is 2.55 bits per heavy atom. The van der Waals surface area contributed by atoms with Crippen molar-refractivity contribution in [1.29, 1.82) is 0 Å². The zero-order valence-electron chi connectivity index (χ0n) is 12.5. The molecule has 1 aromatic heterocycles. The molecule has 110 valence electrons. The van der Waals surface area contributed by atoms with Crippen molar-refractivity contribution >= 4 is 11.7 Å². The van der Waals surface area contributed by atoms with Gasteiger partial charge in [0.15, 0.2) is 0 Å². The molecule has 1 aromatic rings. The lowest BCUT2D eigenvalue weighted by Gasteiger charge is -2.25. The lowest BCUT2D eigenvalue weighted by atomic mass is 9.99. The van der Waals surface area contributed by atoms with Gasteiger partial charge in [0.05, 0.1) is 0 Å². The minimum Gasteiger partial charge on any atom is -0.347 e. The molecule has 0 spiro atoms. The predicted octanol–water partition coefficient (Wildman–Crippen LogP) is 2.55. The first-order valence-electron chi connectivity index (χ1n) is 7.25. The van der Waals surface area contributed by atoms with Crippen LogP contribution in [0.1, 0.15) is 68.4 Å². The Labute approximate surface area is 120 Å². The number of hydrogen-bond donors (Lipinski definition) is 3. The van der Waals surface area contributed by atoms with E-state index < -0.39 is 0 Å². The molecule has 0 saturated heterocycles. The second-order valence-electron chi connectivity index (χ2n) is 6.19. The van der Waals surface area contributed by atoms with E-state index in [9.17, 15) is 4.79 Å². The van der Waals surface area contributed by atoms with Crippen LogP contribution in [0.15, 0.2) is 12.1 Å². The van der Waals surface area contributed by atoms with Crippen LogP contribution < -0.4 is 16.6 Å². The molecular weight excluding hydrogens is 252 g/mol. The number of nitrogens with two attached hydrogens (primary N) is 1. The van der Waals surface area contributed by atoms with Gasteiger partial charge in [-0.1, -0.05) is 26.7 Å². The van der Waals surface area contributed by atoms with Crippen LogP contribution in [0.3, 0.4) is 0 Å². The fourth-order valence-corrected chi connectivity index (χ4v) is 2.68. The topological polar surface area (TPSA) is 80.0 Å². The van der Waals surface area contributed by atoms with E-state index in [1.54, 1.807) is 6.07 Å². The Morgan fingerprint density at radius 1 is 1.35 bits per heavy atom. The van der Waals surface area contributed by atoms with E-state index in [1.165, 1.54) is 12.8 Å². The summed E-state index contributed by atoms with van der Waals surface area (Å²) in [5, 5.41) is 3.15. The molecule has 4 N–H and O–H groups in total. The van der Waals surface area contributed by atoms with E-state index in [0.29, 0.717) is 11.4 Å². The van der Waals surface area contributed by atoms with Gasteiger partial charge in [-0.2, -0.15) is 0 Å². The van der Waals surface area contributed by atoms with Crippen LogP contribution >= 0.6 is 0 Å². The Hall–Kier alpha value is -1.62. The highest BCUT2D eigenvalue weighted by molar-refractivity contribution is 5.95. The number of nitrogens with one attached hydrogen (secondary N) is 2. The third-order valence-electron chi connectivity index (χ3n) is 3.97. The molecule has 1 aliphatic carbocycles. The highest BCUT2D eigenvalue weighted by atomic mass is 16.1. The average molecular weight is 276 g/mol. The molecular formula is C15H24N4O. The fourth-order valence-electron chi connectivity index (χ4n) is 2.68. The Bertz CT molecular complexity index is 493. The number of amides is 1. The minimum atomic E-state index is -0.0747. The largest absolute Gasteiger partial charge is 0.347 e. The van der Waals surface area contributed by atoms with E-state index in [0.717, 1.165) is 18.5 Å². The number of carbonyl (C=O) groups is 1. The number of rotatable bonds is 4. The summed E-state index contributed by atoms with van der Waals surface area (Å²) in [4.78, 5) is 16.8. The first kappa shape index (κ1) is 14.8. The van der Waals surface area contributed by atoms with Gasteiger partial charge in [0.2, 0.25) is 0 Å². The summed E-state index contributed by atoms with van der Waals surface area (Å²) in [5.41, 5.74) is 3.93. The van der Waals surface area contributed by atoms with Crippen LogP contribution in [0.2, 0.25) is 0 Å². The van der Waals surface area contributed by atoms with E-state index in [4.69, 9.17) is 5.84 Å². The van der Waals surface area contributed by atoms with Crippen molar-refractivity contribution in [2.75, 3.05) is 5.43 Å². The molecule has 1 amide bonds.